The molecule has 0 aromatic heterocycles. The third-order valence-corrected chi connectivity index (χ3v) is 4.54. The van der Waals surface area contributed by atoms with Crippen LogP contribution in [0.4, 0.5) is 5.69 Å². The molecule has 1 aromatic carbocycles. The molecule has 1 saturated carbocycles. The number of carbonyl (C=O) groups is 2. The molecular weight excluding hydrogens is 334 g/mol. The fourth-order valence-electron chi connectivity index (χ4n) is 2.62. The molecule has 0 radical (unpaired) electrons. The lowest BCUT2D eigenvalue weighted by molar-refractivity contribution is -0.134. The van der Waals surface area contributed by atoms with Crippen LogP contribution in [-0.2, 0) is 4.79 Å². The van der Waals surface area contributed by atoms with Crippen molar-refractivity contribution in [2.75, 3.05) is 31.9 Å². The average Bonchev–Trinajstić information content (AvgIpc) is 3.31. The fourth-order valence-corrected chi connectivity index (χ4v) is 3.00. The van der Waals surface area contributed by atoms with Gasteiger partial charge in [0, 0.05) is 42.3 Å². The molecule has 0 unspecified atom stereocenters. The van der Waals surface area contributed by atoms with Crippen LogP contribution < -0.4 is 5.73 Å². The van der Waals surface area contributed by atoms with Crippen molar-refractivity contribution in [3.05, 3.63) is 28.2 Å². The zero-order valence-corrected chi connectivity index (χ0v) is 13.3. The maximum atomic E-state index is 12.5. The molecule has 1 aliphatic carbocycles. The van der Waals surface area contributed by atoms with Gasteiger partial charge in [0.2, 0.25) is 5.91 Å². The summed E-state index contributed by atoms with van der Waals surface area (Å²) < 4.78 is 0.858. The topological polar surface area (TPSA) is 66.6 Å². The summed E-state index contributed by atoms with van der Waals surface area (Å²) in [7, 11) is 0. The molecule has 5 nitrogen and oxygen atoms in total. The van der Waals surface area contributed by atoms with Gasteiger partial charge in [0.1, 0.15) is 0 Å². The summed E-state index contributed by atoms with van der Waals surface area (Å²) in [5.41, 5.74) is 6.92. The number of hydrogen-bond donors (Lipinski definition) is 1. The first-order valence-electron chi connectivity index (χ1n) is 7.19. The third-order valence-electron chi connectivity index (χ3n) is 4.05. The van der Waals surface area contributed by atoms with E-state index in [1.165, 1.54) is 0 Å². The van der Waals surface area contributed by atoms with Gasteiger partial charge in [-0.15, -0.1) is 0 Å². The lowest BCUT2D eigenvalue weighted by atomic mass is 10.1. The molecule has 2 aliphatic rings. The monoisotopic (exact) mass is 351 g/mol. The van der Waals surface area contributed by atoms with Gasteiger partial charge in [-0.2, -0.15) is 0 Å². The highest BCUT2D eigenvalue weighted by atomic mass is 79.9. The Bertz CT molecular complexity index is 578. The second-order valence-corrected chi connectivity index (χ2v) is 6.54. The van der Waals surface area contributed by atoms with Crippen molar-refractivity contribution in [3.63, 3.8) is 0 Å². The zero-order valence-electron chi connectivity index (χ0n) is 11.7. The molecule has 0 atom stereocenters. The zero-order chi connectivity index (χ0) is 15.0. The number of halogens is 1. The van der Waals surface area contributed by atoms with Crippen LogP contribution in [0.25, 0.3) is 0 Å². The quantitative estimate of drug-likeness (QED) is 0.825. The highest BCUT2D eigenvalue weighted by Gasteiger charge is 2.35. The van der Waals surface area contributed by atoms with E-state index in [9.17, 15) is 9.59 Å². The second-order valence-electron chi connectivity index (χ2n) is 5.62. The Balaban J connectivity index is 1.63. The number of benzene rings is 1. The Morgan fingerprint density at radius 2 is 1.71 bits per heavy atom. The highest BCUT2D eigenvalue weighted by Crippen LogP contribution is 2.31. The summed E-state index contributed by atoms with van der Waals surface area (Å²) in [6.45, 7) is 2.40. The van der Waals surface area contributed by atoms with E-state index in [1.54, 1.807) is 17.0 Å². The number of rotatable bonds is 2. The van der Waals surface area contributed by atoms with Crippen molar-refractivity contribution in [3.8, 4) is 0 Å². The number of hydrogen-bond acceptors (Lipinski definition) is 3. The van der Waals surface area contributed by atoms with Crippen molar-refractivity contribution in [2.45, 2.75) is 12.8 Å². The van der Waals surface area contributed by atoms with E-state index in [1.807, 2.05) is 11.0 Å². The number of nitrogens with two attached hydrogens (primary N) is 1. The van der Waals surface area contributed by atoms with Gasteiger partial charge in [0.05, 0.1) is 5.56 Å². The predicted octanol–water partition coefficient (Wildman–Crippen LogP) is 1.73. The van der Waals surface area contributed by atoms with Gasteiger partial charge in [0.15, 0.2) is 0 Å². The van der Waals surface area contributed by atoms with Crippen LogP contribution in [0, 0.1) is 5.92 Å². The molecule has 1 aromatic rings. The minimum atomic E-state index is -0.0569. The first kappa shape index (κ1) is 14.4. The average molecular weight is 352 g/mol. The predicted molar refractivity (Wildman–Crippen MR) is 83.8 cm³/mol. The molecule has 21 heavy (non-hydrogen) atoms. The van der Waals surface area contributed by atoms with Gasteiger partial charge in [-0.3, -0.25) is 9.59 Å². The van der Waals surface area contributed by atoms with Crippen LogP contribution in [0.3, 0.4) is 0 Å². The van der Waals surface area contributed by atoms with Gasteiger partial charge < -0.3 is 15.5 Å². The minimum absolute atomic E-state index is 0.0569. The largest absolute Gasteiger partial charge is 0.398 e. The van der Waals surface area contributed by atoms with Gasteiger partial charge in [-0.1, -0.05) is 15.9 Å². The third kappa shape index (κ3) is 3.05. The number of carbonyl (C=O) groups excluding carboxylic acids is 2. The van der Waals surface area contributed by atoms with Crippen molar-refractivity contribution in [1.82, 2.24) is 9.80 Å². The van der Waals surface area contributed by atoms with E-state index in [2.05, 4.69) is 15.9 Å². The van der Waals surface area contributed by atoms with E-state index < -0.39 is 0 Å². The number of nitrogen functional groups attached to an aromatic ring is 1. The van der Waals surface area contributed by atoms with E-state index >= 15 is 0 Å². The molecule has 2 fully saturated rings. The molecule has 112 valence electrons. The van der Waals surface area contributed by atoms with Gasteiger partial charge >= 0.3 is 0 Å². The maximum Gasteiger partial charge on any atom is 0.256 e. The molecular formula is C15H18BrN3O2. The van der Waals surface area contributed by atoms with Gasteiger partial charge in [-0.05, 0) is 31.0 Å². The molecule has 2 amide bonds. The molecule has 3 rings (SSSR count). The smallest absolute Gasteiger partial charge is 0.256 e. The van der Waals surface area contributed by atoms with Crippen LogP contribution in [0.5, 0.6) is 0 Å². The Labute approximate surface area is 132 Å². The first-order chi connectivity index (χ1) is 10.1. The summed E-state index contributed by atoms with van der Waals surface area (Å²) in [6.07, 6.45) is 2.04. The normalized spacial score (nSPS) is 18.7. The summed E-state index contributed by atoms with van der Waals surface area (Å²) in [5, 5.41) is 0. The Morgan fingerprint density at radius 3 is 2.29 bits per heavy atom. The standard InChI is InChI=1S/C15H18BrN3O2/c16-11-3-4-12(13(17)9-11)15(21)19-7-5-18(6-8-19)14(20)10-1-2-10/h3-4,9-10H,1-2,5-8,17H2. The summed E-state index contributed by atoms with van der Waals surface area (Å²) in [4.78, 5) is 28.1. The van der Waals surface area contributed by atoms with Crippen molar-refractivity contribution in [1.29, 1.82) is 0 Å². The number of amides is 2. The molecule has 0 bridgehead atoms. The van der Waals surface area contributed by atoms with Crippen LogP contribution in [0.2, 0.25) is 0 Å². The Morgan fingerprint density at radius 1 is 1.10 bits per heavy atom. The van der Waals surface area contributed by atoms with E-state index in [0.717, 1.165) is 17.3 Å². The summed E-state index contributed by atoms with van der Waals surface area (Å²) in [6, 6.07) is 5.29. The molecule has 6 heteroatoms. The number of nitrogens with zero attached hydrogens (tertiary/aromatic N) is 2. The van der Waals surface area contributed by atoms with Crippen molar-refractivity contribution in [2.24, 2.45) is 5.92 Å². The van der Waals surface area contributed by atoms with Crippen LogP contribution in [-0.4, -0.2) is 47.8 Å². The summed E-state index contributed by atoms with van der Waals surface area (Å²) in [5.74, 6) is 0.443. The lowest BCUT2D eigenvalue weighted by Gasteiger charge is -2.35. The number of piperazine rings is 1. The summed E-state index contributed by atoms with van der Waals surface area (Å²) >= 11 is 3.34. The van der Waals surface area contributed by atoms with Gasteiger partial charge in [0.25, 0.3) is 5.91 Å². The molecule has 1 aliphatic heterocycles. The van der Waals surface area contributed by atoms with E-state index in [-0.39, 0.29) is 17.7 Å². The SMILES string of the molecule is Nc1cc(Br)ccc1C(=O)N1CCN(C(=O)C2CC2)CC1. The molecule has 1 saturated heterocycles. The second kappa shape index (κ2) is 5.67. The van der Waals surface area contributed by atoms with Crippen molar-refractivity contribution >= 4 is 33.4 Å². The number of anilines is 1. The Hall–Kier alpha value is -1.56. The molecule has 0 spiro atoms. The maximum absolute atomic E-state index is 12.5. The van der Waals surface area contributed by atoms with E-state index in [4.69, 9.17) is 5.73 Å². The highest BCUT2D eigenvalue weighted by molar-refractivity contribution is 9.10. The minimum Gasteiger partial charge on any atom is -0.398 e. The van der Waals surface area contributed by atoms with Gasteiger partial charge in [-0.25, -0.2) is 0 Å². The van der Waals surface area contributed by atoms with Crippen LogP contribution in [0.1, 0.15) is 23.2 Å². The first-order valence-corrected chi connectivity index (χ1v) is 7.98. The fraction of sp³-hybridized carbons (Fsp3) is 0.467. The molecule has 2 N–H and O–H groups in total. The van der Waals surface area contributed by atoms with Crippen LogP contribution >= 0.6 is 15.9 Å². The van der Waals surface area contributed by atoms with Crippen LogP contribution in [0.15, 0.2) is 22.7 Å². The lowest BCUT2D eigenvalue weighted by Crippen LogP contribution is -2.51. The van der Waals surface area contributed by atoms with E-state index in [0.29, 0.717) is 37.4 Å². The molecule has 1 heterocycles. The van der Waals surface area contributed by atoms with Crippen molar-refractivity contribution < 1.29 is 9.59 Å². The Kier molecular flexibility index (Phi) is 3.89.